The molecule has 1 aliphatic rings. The van der Waals surface area contributed by atoms with Gasteiger partial charge in [-0.2, -0.15) is 0 Å². The highest BCUT2D eigenvalue weighted by molar-refractivity contribution is 6.01. The smallest absolute Gasteiger partial charge is 0.322 e. The molecule has 0 radical (unpaired) electrons. The molecule has 3 aromatic rings. The Morgan fingerprint density at radius 3 is 2.64 bits per heavy atom. The summed E-state index contributed by atoms with van der Waals surface area (Å²) in [5.41, 5.74) is 2.59. The zero-order valence-electron chi connectivity index (χ0n) is 18.0. The number of benzene rings is 3. The van der Waals surface area contributed by atoms with E-state index < -0.39 is 6.10 Å². The van der Waals surface area contributed by atoms with Crippen molar-refractivity contribution in [1.82, 2.24) is 4.90 Å². The van der Waals surface area contributed by atoms with E-state index in [-0.39, 0.29) is 30.8 Å². The van der Waals surface area contributed by atoms with Crippen molar-refractivity contribution in [3.8, 4) is 5.75 Å². The van der Waals surface area contributed by atoms with Gasteiger partial charge in [0.05, 0.1) is 25.1 Å². The molecular weight excluding hydrogens is 428 g/mol. The van der Waals surface area contributed by atoms with Crippen LogP contribution < -0.4 is 10.1 Å². The Bertz CT molecular complexity index is 1150. The summed E-state index contributed by atoms with van der Waals surface area (Å²) in [6.45, 7) is 0.385. The lowest BCUT2D eigenvalue weighted by molar-refractivity contribution is 0.0608. The molecule has 1 heterocycles. The monoisotopic (exact) mass is 451 g/mol. The third kappa shape index (κ3) is 5.65. The summed E-state index contributed by atoms with van der Waals surface area (Å²) in [7, 11) is 1.52. The number of methoxy groups -OCH3 is 1. The Hall–Kier alpha value is -3.94. The van der Waals surface area contributed by atoms with Gasteiger partial charge < -0.3 is 19.8 Å². The van der Waals surface area contributed by atoms with Gasteiger partial charge in [0.2, 0.25) is 0 Å². The van der Waals surface area contributed by atoms with E-state index in [9.17, 15) is 13.6 Å². The lowest BCUT2D eigenvalue weighted by Gasteiger charge is -2.25. The lowest BCUT2D eigenvalue weighted by atomic mass is 10.0. The zero-order valence-corrected chi connectivity index (χ0v) is 18.0. The van der Waals surface area contributed by atoms with E-state index in [4.69, 9.17) is 9.57 Å². The molecule has 33 heavy (non-hydrogen) atoms. The topological polar surface area (TPSA) is 63.2 Å². The van der Waals surface area contributed by atoms with Crippen molar-refractivity contribution in [2.75, 3.05) is 19.0 Å². The van der Waals surface area contributed by atoms with Gasteiger partial charge in [0.1, 0.15) is 17.4 Å². The zero-order chi connectivity index (χ0) is 23.2. The highest BCUT2D eigenvalue weighted by atomic mass is 19.1. The van der Waals surface area contributed by atoms with Crippen LogP contribution in [0.25, 0.3) is 0 Å². The number of hydrogen-bond donors (Lipinski definition) is 1. The average molecular weight is 451 g/mol. The van der Waals surface area contributed by atoms with E-state index in [0.29, 0.717) is 29.1 Å². The number of hydrogen-bond acceptors (Lipinski definition) is 4. The van der Waals surface area contributed by atoms with Crippen molar-refractivity contribution in [3.63, 3.8) is 0 Å². The number of ether oxygens (including phenoxy) is 1. The Kier molecular flexibility index (Phi) is 6.83. The summed E-state index contributed by atoms with van der Waals surface area (Å²) in [4.78, 5) is 20.3. The van der Waals surface area contributed by atoms with Crippen LogP contribution in [0.15, 0.2) is 78.0 Å². The lowest BCUT2D eigenvalue weighted by Crippen LogP contribution is -2.40. The molecule has 170 valence electrons. The number of urea groups is 1. The number of carbonyl (C=O) groups excluding carboxylic acids is 1. The van der Waals surface area contributed by atoms with E-state index in [1.165, 1.54) is 36.3 Å². The second kappa shape index (κ2) is 10.1. The van der Waals surface area contributed by atoms with E-state index in [1.54, 1.807) is 48.5 Å². The maximum absolute atomic E-state index is 13.7. The minimum Gasteiger partial charge on any atom is -0.495 e. The fourth-order valence-electron chi connectivity index (χ4n) is 3.60. The molecule has 2 amide bonds. The molecule has 6 nitrogen and oxygen atoms in total. The van der Waals surface area contributed by atoms with Crippen molar-refractivity contribution in [2.24, 2.45) is 5.16 Å². The first kappa shape index (κ1) is 22.3. The summed E-state index contributed by atoms with van der Waals surface area (Å²) < 4.78 is 32.3. The predicted octanol–water partition coefficient (Wildman–Crippen LogP) is 5.20. The molecule has 3 aromatic carbocycles. The Morgan fingerprint density at radius 1 is 1.09 bits per heavy atom. The van der Waals surface area contributed by atoms with Crippen molar-refractivity contribution in [1.29, 1.82) is 0 Å². The number of rotatable bonds is 7. The van der Waals surface area contributed by atoms with Crippen LogP contribution in [-0.2, 0) is 11.4 Å². The summed E-state index contributed by atoms with van der Waals surface area (Å²) in [5, 5.41) is 6.97. The summed E-state index contributed by atoms with van der Waals surface area (Å²) in [6, 6.07) is 18.8. The summed E-state index contributed by atoms with van der Waals surface area (Å²) in [5.74, 6) is -0.184. The first-order valence-electron chi connectivity index (χ1n) is 10.4. The molecule has 1 N–H and O–H groups in total. The molecule has 8 heteroatoms. The van der Waals surface area contributed by atoms with Crippen molar-refractivity contribution in [3.05, 3.63) is 95.6 Å². The number of nitrogens with zero attached hydrogens (tertiary/aromatic N) is 2. The Morgan fingerprint density at radius 2 is 1.88 bits per heavy atom. The SMILES string of the molecule is COc1ccccc1NC(=O)N(Cc1cccc(F)c1)CC1CC(c2ccc(F)cc2)=NO1. The highest BCUT2D eigenvalue weighted by Gasteiger charge is 2.27. The van der Waals surface area contributed by atoms with E-state index >= 15 is 0 Å². The van der Waals surface area contributed by atoms with Crippen LogP contribution in [0.5, 0.6) is 5.75 Å². The van der Waals surface area contributed by atoms with Crippen molar-refractivity contribution < 1.29 is 23.1 Å². The Labute approximate surface area is 190 Å². The van der Waals surface area contributed by atoms with Crippen LogP contribution in [0.1, 0.15) is 17.5 Å². The minimum absolute atomic E-state index is 0.171. The third-order valence-electron chi connectivity index (χ3n) is 5.23. The number of carbonyl (C=O) groups is 1. The quantitative estimate of drug-likeness (QED) is 0.537. The van der Waals surface area contributed by atoms with Gasteiger partial charge >= 0.3 is 6.03 Å². The van der Waals surface area contributed by atoms with Crippen LogP contribution in [0.2, 0.25) is 0 Å². The number of oxime groups is 1. The molecule has 1 atom stereocenters. The summed E-state index contributed by atoms with van der Waals surface area (Å²) >= 11 is 0. The fourth-order valence-corrected chi connectivity index (χ4v) is 3.60. The molecule has 0 aromatic heterocycles. The maximum atomic E-state index is 13.7. The number of para-hydroxylation sites is 2. The van der Waals surface area contributed by atoms with Crippen molar-refractivity contribution in [2.45, 2.75) is 19.1 Å². The van der Waals surface area contributed by atoms with Gasteiger partial charge in [0.25, 0.3) is 0 Å². The van der Waals surface area contributed by atoms with Gasteiger partial charge in [0, 0.05) is 13.0 Å². The van der Waals surface area contributed by atoms with Crippen molar-refractivity contribution >= 4 is 17.4 Å². The normalized spacial score (nSPS) is 14.9. The van der Waals surface area contributed by atoms with Gasteiger partial charge in [-0.3, -0.25) is 0 Å². The molecule has 0 aliphatic carbocycles. The highest BCUT2D eigenvalue weighted by Crippen LogP contribution is 2.25. The first-order valence-corrected chi connectivity index (χ1v) is 10.4. The number of halogens is 2. The third-order valence-corrected chi connectivity index (χ3v) is 5.23. The maximum Gasteiger partial charge on any atom is 0.322 e. The van der Waals surface area contributed by atoms with E-state index in [1.807, 2.05) is 0 Å². The van der Waals surface area contributed by atoms with Gasteiger partial charge in [0.15, 0.2) is 6.10 Å². The second-order valence-electron chi connectivity index (χ2n) is 7.62. The number of amides is 2. The second-order valence-corrected chi connectivity index (χ2v) is 7.62. The molecule has 1 aliphatic heterocycles. The van der Waals surface area contributed by atoms with Crippen LogP contribution in [-0.4, -0.2) is 36.4 Å². The molecule has 1 unspecified atom stereocenters. The van der Waals surface area contributed by atoms with Gasteiger partial charge in [-0.15, -0.1) is 0 Å². The van der Waals surface area contributed by atoms with Gasteiger partial charge in [-0.05, 0) is 47.5 Å². The fraction of sp³-hybridized carbons (Fsp3) is 0.200. The standard InChI is InChI=1S/C25H23F2N3O3/c1-32-24-8-3-2-7-22(24)28-25(31)30(15-17-5-4-6-20(27)13-17)16-21-14-23(29-33-21)18-9-11-19(26)12-10-18/h2-13,21H,14-16H2,1H3,(H,28,31). The van der Waals surface area contributed by atoms with E-state index in [2.05, 4.69) is 10.5 Å². The Balaban J connectivity index is 1.49. The molecule has 4 rings (SSSR count). The van der Waals surface area contributed by atoms with Crippen LogP contribution in [0.4, 0.5) is 19.3 Å². The number of nitrogens with one attached hydrogen (secondary N) is 1. The first-order chi connectivity index (χ1) is 16.0. The minimum atomic E-state index is -0.401. The molecule has 0 spiro atoms. The van der Waals surface area contributed by atoms with Crippen LogP contribution >= 0.6 is 0 Å². The molecule has 0 saturated carbocycles. The molecule has 0 saturated heterocycles. The van der Waals surface area contributed by atoms with Crippen LogP contribution in [0.3, 0.4) is 0 Å². The van der Waals surface area contributed by atoms with Gasteiger partial charge in [-0.25, -0.2) is 13.6 Å². The van der Waals surface area contributed by atoms with E-state index in [0.717, 1.165) is 5.56 Å². The molecule has 0 fully saturated rings. The summed E-state index contributed by atoms with van der Waals surface area (Å²) in [6.07, 6.45) is 0.0507. The molecule has 0 bridgehead atoms. The number of anilines is 1. The van der Waals surface area contributed by atoms with Gasteiger partial charge in [-0.1, -0.05) is 41.6 Å². The largest absolute Gasteiger partial charge is 0.495 e. The average Bonchev–Trinajstić information content (AvgIpc) is 3.28. The predicted molar refractivity (Wildman–Crippen MR) is 121 cm³/mol. The molecular formula is C25H23F2N3O3. The van der Waals surface area contributed by atoms with Crippen LogP contribution in [0, 0.1) is 11.6 Å².